The third kappa shape index (κ3) is 8.59. The number of furan rings is 1. The molecule has 0 aliphatic rings. The van der Waals surface area contributed by atoms with Gasteiger partial charge in [0, 0.05) is 45.3 Å². The Labute approximate surface area is 396 Å². The van der Waals surface area contributed by atoms with Crippen molar-refractivity contribution >= 4 is 61.4 Å². The van der Waals surface area contributed by atoms with Crippen molar-refractivity contribution in [3.63, 3.8) is 0 Å². The van der Waals surface area contributed by atoms with Gasteiger partial charge in [0.25, 0.3) is 0 Å². The monoisotopic (exact) mass is 1070 g/mol. The van der Waals surface area contributed by atoms with Crippen LogP contribution in [0.4, 0.5) is 0 Å². The fourth-order valence-corrected chi connectivity index (χ4v) is 10.8. The summed E-state index contributed by atoms with van der Waals surface area (Å²) in [5, 5.41) is 4.47. The maximum atomic E-state index is 7.28. The number of hydrogen-bond acceptors (Lipinski definition) is 3. The molecule has 317 valence electrons. The van der Waals surface area contributed by atoms with Crippen LogP contribution in [0, 0.1) is 25.8 Å². The second-order valence-electron chi connectivity index (χ2n) is 17.7. The van der Waals surface area contributed by atoms with E-state index in [1.165, 1.54) is 62.1 Å². The summed E-state index contributed by atoms with van der Waals surface area (Å²) in [6.07, 6.45) is 1.30. The Morgan fingerprint density at radius 3 is 2.03 bits per heavy atom. The van der Waals surface area contributed by atoms with Crippen LogP contribution in [0.25, 0.3) is 83.2 Å². The second-order valence-corrected chi connectivity index (χ2v) is 28.3. The van der Waals surface area contributed by atoms with Crippen molar-refractivity contribution in [3.8, 4) is 39.5 Å². The molecule has 0 saturated heterocycles. The zero-order chi connectivity index (χ0) is 48.3. The van der Waals surface area contributed by atoms with Crippen molar-refractivity contribution in [1.82, 2.24) is 14.5 Å². The third-order valence-electron chi connectivity index (χ3n) is 11.7. The van der Waals surface area contributed by atoms with E-state index in [2.05, 4.69) is 170 Å². The molecule has 0 atom stereocenters. The Morgan fingerprint density at radius 2 is 1.37 bits per heavy atom. The molecule has 0 unspecified atom stereocenters. The largest absolute Gasteiger partial charge is 0.304 e. The fraction of sp³-hybridized carbons (Fsp3) is 0.193. The van der Waals surface area contributed by atoms with Crippen molar-refractivity contribution in [2.24, 2.45) is 0 Å². The van der Waals surface area contributed by atoms with Crippen LogP contribution in [0.15, 0.2) is 150 Å². The molecule has 0 bridgehead atoms. The van der Waals surface area contributed by atoms with E-state index in [-0.39, 0.29) is 43.1 Å². The van der Waals surface area contributed by atoms with Crippen LogP contribution in [0.3, 0.4) is 0 Å². The molecule has 6 heteroatoms. The maximum absolute atomic E-state index is 7.28. The summed E-state index contributed by atoms with van der Waals surface area (Å²) in [4.78, 5) is 9.41. The van der Waals surface area contributed by atoms with Crippen molar-refractivity contribution in [2.75, 3.05) is 0 Å². The normalized spacial score (nSPS) is 13.5. The van der Waals surface area contributed by atoms with Gasteiger partial charge in [-0.25, -0.2) is 0 Å². The van der Waals surface area contributed by atoms with E-state index in [4.69, 9.17) is 17.6 Å². The SMILES string of the molecule is CC(C)c1cc(-c2cc[c]([Ge]([CH3])([CH3])[CH3])cc2)cc(C(C)C)c1-n1c(-c2[c-]ccc3c2oc2c4ccccc4ccc32)nc2ccccc21.[2H]C([2H])([2H])c1c[c-]c(-c2ccc(C([2H])([2H])[2H])cn2)cc1.[Ir]. The Kier molecular flexibility index (Phi) is 10.5. The molecular formula is C57H53GeIrN3O-2. The number of hydrogen-bond donors (Lipinski definition) is 0. The first-order valence-electron chi connectivity index (χ1n) is 24.3. The Bertz CT molecular complexity index is 3370. The minimum Gasteiger partial charge on any atom is -0.304 e. The third-order valence-corrected chi connectivity index (χ3v) is 16.0. The van der Waals surface area contributed by atoms with E-state index in [1.807, 2.05) is 6.07 Å². The van der Waals surface area contributed by atoms with Crippen LogP contribution in [0.5, 0.6) is 0 Å². The van der Waals surface area contributed by atoms with Crippen molar-refractivity contribution in [1.29, 1.82) is 0 Å². The summed E-state index contributed by atoms with van der Waals surface area (Å²) >= 11 is -1.92. The number of para-hydroxylation sites is 2. The second kappa shape index (κ2) is 17.9. The quantitative estimate of drug-likeness (QED) is 0.118. The minimum absolute atomic E-state index is 0. The maximum Gasteiger partial charge on any atom is 0.0280 e. The number of aromatic nitrogens is 3. The summed E-state index contributed by atoms with van der Waals surface area (Å²) in [5.41, 5.74) is 12.5. The van der Waals surface area contributed by atoms with Crippen LogP contribution in [-0.4, -0.2) is 27.8 Å². The van der Waals surface area contributed by atoms with Crippen LogP contribution in [0.2, 0.25) is 17.3 Å². The number of rotatable bonds is 7. The zero-order valence-electron chi connectivity index (χ0n) is 42.6. The Morgan fingerprint density at radius 1 is 0.667 bits per heavy atom. The Balaban J connectivity index is 0.000000257. The fourth-order valence-electron chi connectivity index (χ4n) is 8.34. The number of imidazole rings is 1. The summed E-state index contributed by atoms with van der Waals surface area (Å²) in [7, 11) is 0. The molecule has 3 heterocycles. The van der Waals surface area contributed by atoms with Gasteiger partial charge in [-0.2, -0.15) is 0 Å². The molecule has 1 radical (unpaired) electrons. The molecule has 0 aliphatic carbocycles. The van der Waals surface area contributed by atoms with Gasteiger partial charge >= 0.3 is 201 Å². The number of fused-ring (bicyclic) bond motifs is 6. The molecule has 0 spiro atoms. The standard InChI is InChI=1S/C44H41GeN2O.C13H12N.Ir/c1-27(2)37-25-31(29-19-22-32(23-20-29)45(5,6)7)26-38(28(3)4)41(37)47-40-18-11-10-17-39(40)46-44(47)36-16-12-15-34-35-24-21-30-13-8-9-14-33(30)42(35)48-43(34)36;1-10-3-6-12(7-4-10)13-8-5-11(2)9-14-13;/h8-15,17-28H,1-7H3;3-6,8-9H,1-2H3;/q2*-1;/i;1D3,2D3;. The van der Waals surface area contributed by atoms with Gasteiger partial charge in [-0.1, -0.05) is 66.8 Å². The topological polar surface area (TPSA) is 43.9 Å². The van der Waals surface area contributed by atoms with Gasteiger partial charge in [0.1, 0.15) is 5.58 Å². The number of benzene rings is 7. The molecule has 7 aromatic carbocycles. The van der Waals surface area contributed by atoms with Crippen molar-refractivity contribution < 1.29 is 32.7 Å². The molecule has 63 heavy (non-hydrogen) atoms. The molecule has 10 aromatic rings. The van der Waals surface area contributed by atoms with E-state index in [9.17, 15) is 0 Å². The molecule has 0 aliphatic heterocycles. The van der Waals surface area contributed by atoms with E-state index in [0.717, 1.165) is 49.7 Å². The summed E-state index contributed by atoms with van der Waals surface area (Å²) in [6.45, 7) is 4.88. The predicted molar refractivity (Wildman–Crippen MR) is 265 cm³/mol. The number of nitrogens with zero attached hydrogens (tertiary/aromatic N) is 3. The molecule has 0 saturated carbocycles. The van der Waals surface area contributed by atoms with Crippen LogP contribution < -0.4 is 4.40 Å². The molecule has 0 N–H and O–H groups in total. The summed E-state index contributed by atoms with van der Waals surface area (Å²) < 4.78 is 54.4. The predicted octanol–water partition coefficient (Wildman–Crippen LogP) is 15.2. The minimum atomic E-state index is -2.18. The van der Waals surface area contributed by atoms with Gasteiger partial charge in [-0.15, -0.1) is 47.5 Å². The molecule has 0 fully saturated rings. The summed E-state index contributed by atoms with van der Waals surface area (Å²) in [6, 6.07) is 53.7. The number of pyridine rings is 1. The molecule has 4 nitrogen and oxygen atoms in total. The van der Waals surface area contributed by atoms with Crippen LogP contribution in [0.1, 0.15) is 70.0 Å². The van der Waals surface area contributed by atoms with Crippen LogP contribution in [-0.2, 0) is 20.1 Å². The van der Waals surface area contributed by atoms with Gasteiger partial charge < -0.3 is 9.40 Å². The van der Waals surface area contributed by atoms with E-state index in [1.54, 1.807) is 12.1 Å². The number of aryl methyl sites for hydroxylation is 2. The average Bonchev–Trinajstić information content (AvgIpc) is 3.90. The molecule has 3 aromatic heterocycles. The van der Waals surface area contributed by atoms with E-state index in [0.29, 0.717) is 11.3 Å². The van der Waals surface area contributed by atoms with Gasteiger partial charge in [0.15, 0.2) is 0 Å². The summed E-state index contributed by atoms with van der Waals surface area (Å²) in [5.74, 6) is 8.78. The molecule has 0 amide bonds. The van der Waals surface area contributed by atoms with Crippen molar-refractivity contribution in [3.05, 3.63) is 180 Å². The first-order chi connectivity index (χ1) is 32.3. The van der Waals surface area contributed by atoms with Gasteiger partial charge in [-0.3, -0.25) is 0 Å². The van der Waals surface area contributed by atoms with Gasteiger partial charge in [-0.05, 0) is 23.5 Å². The first-order valence-corrected chi connectivity index (χ1v) is 28.6. The smallest absolute Gasteiger partial charge is 0.0280 e. The Hall–Kier alpha value is -5.59. The van der Waals surface area contributed by atoms with E-state index < -0.39 is 27.0 Å². The molecular weight excluding hydrogens is 1010 g/mol. The first kappa shape index (κ1) is 36.9. The van der Waals surface area contributed by atoms with Crippen molar-refractivity contribution in [2.45, 2.75) is 70.5 Å². The van der Waals surface area contributed by atoms with Crippen LogP contribution >= 0.6 is 0 Å². The van der Waals surface area contributed by atoms with E-state index >= 15 is 0 Å². The zero-order valence-corrected chi connectivity index (χ0v) is 41.1. The average molecular weight is 1070 g/mol. The van der Waals surface area contributed by atoms with Gasteiger partial charge in [0.05, 0.1) is 0 Å². The molecule has 10 rings (SSSR count). The van der Waals surface area contributed by atoms with Gasteiger partial charge in [0.2, 0.25) is 0 Å².